The van der Waals surface area contributed by atoms with Gasteiger partial charge in [0.25, 0.3) is 11.6 Å². The van der Waals surface area contributed by atoms with Crippen LogP contribution >= 0.6 is 23.2 Å². The largest absolute Gasteiger partial charge is 0.416 e. The van der Waals surface area contributed by atoms with Gasteiger partial charge in [-0.25, -0.2) is 9.97 Å². The summed E-state index contributed by atoms with van der Waals surface area (Å²) in [6.07, 6.45) is -3.87. The number of nitro benzene ring substituents is 1. The van der Waals surface area contributed by atoms with Crippen LogP contribution in [0.5, 0.6) is 0 Å². The summed E-state index contributed by atoms with van der Waals surface area (Å²) in [7, 11) is 0. The van der Waals surface area contributed by atoms with Crippen molar-refractivity contribution in [2.24, 2.45) is 0 Å². The smallest absolute Gasteiger partial charge is 0.333 e. The quantitative estimate of drug-likeness (QED) is 0.277. The first-order valence-electron chi connectivity index (χ1n) is 9.02. The number of amides is 1. The Morgan fingerprint density at radius 3 is 2.23 bits per heavy atom. The Balaban J connectivity index is 1.88. The highest BCUT2D eigenvalue weighted by atomic mass is 35.5. The van der Waals surface area contributed by atoms with Crippen molar-refractivity contribution in [2.45, 2.75) is 6.18 Å². The Hall–Kier alpha value is -4.24. The maximum Gasteiger partial charge on any atom is 0.416 e. The van der Waals surface area contributed by atoms with Gasteiger partial charge in [0.05, 0.1) is 26.1 Å². The Morgan fingerprint density at radius 1 is 0.943 bits per heavy atom. The Labute approximate surface area is 202 Å². The predicted octanol–water partition coefficient (Wildman–Crippen LogP) is 5.12. The molecule has 1 aromatic heterocycles. The molecule has 182 valence electrons. The number of carbonyl (C=O) groups is 1. The van der Waals surface area contributed by atoms with E-state index in [0.717, 1.165) is 30.6 Å². The maximum atomic E-state index is 13.0. The number of nitrogens with zero attached hydrogens (tertiary/aromatic N) is 4. The van der Waals surface area contributed by atoms with Gasteiger partial charge in [-0.15, -0.1) is 0 Å². The van der Waals surface area contributed by atoms with E-state index < -0.39 is 50.5 Å². The lowest BCUT2D eigenvalue weighted by Crippen LogP contribution is -2.30. The number of hydrogen-bond acceptors (Lipinski definition) is 9. The minimum atomic E-state index is -4.70. The molecule has 1 heterocycles. The molecule has 0 aliphatic rings. The summed E-state index contributed by atoms with van der Waals surface area (Å²) < 4.78 is 39.1. The second-order valence-electron chi connectivity index (χ2n) is 6.50. The maximum absolute atomic E-state index is 13.0. The van der Waals surface area contributed by atoms with Gasteiger partial charge in [0, 0.05) is 11.6 Å². The number of nitrogens with one attached hydrogen (secondary N) is 3. The van der Waals surface area contributed by atoms with Crippen molar-refractivity contribution in [3.05, 3.63) is 84.1 Å². The van der Waals surface area contributed by atoms with E-state index in [2.05, 4.69) is 26.1 Å². The number of rotatable bonds is 7. The molecule has 0 fully saturated rings. The average Bonchev–Trinajstić information content (AvgIpc) is 2.78. The van der Waals surface area contributed by atoms with Crippen LogP contribution in [0.1, 0.15) is 15.9 Å². The molecule has 17 heteroatoms. The normalized spacial score (nSPS) is 11.0. The number of aromatic nitrogens is 2. The van der Waals surface area contributed by atoms with Crippen molar-refractivity contribution >= 4 is 57.8 Å². The molecule has 1 amide bonds. The molecule has 0 aliphatic heterocycles. The summed E-state index contributed by atoms with van der Waals surface area (Å²) in [5.41, 5.74) is 1.27. The highest BCUT2D eigenvalue weighted by Crippen LogP contribution is 2.37. The first kappa shape index (κ1) is 25.4. The van der Waals surface area contributed by atoms with Gasteiger partial charge >= 0.3 is 11.9 Å². The summed E-state index contributed by atoms with van der Waals surface area (Å²) in [6, 6.07) is 5.48. The van der Waals surface area contributed by atoms with Crippen LogP contribution in [-0.4, -0.2) is 25.7 Å². The van der Waals surface area contributed by atoms with Crippen molar-refractivity contribution in [1.82, 2.24) is 15.4 Å². The van der Waals surface area contributed by atoms with Gasteiger partial charge in [-0.2, -0.15) is 13.2 Å². The van der Waals surface area contributed by atoms with Crippen LogP contribution in [0.2, 0.25) is 10.0 Å². The summed E-state index contributed by atoms with van der Waals surface area (Å²) in [5, 5.41) is 24.6. The molecule has 0 unspecified atom stereocenters. The topological polar surface area (TPSA) is 165 Å². The molecule has 0 saturated carbocycles. The molecule has 2 aromatic carbocycles. The molecule has 3 N–H and O–H groups in total. The Bertz CT molecular complexity index is 1340. The van der Waals surface area contributed by atoms with Gasteiger partial charge in [0.15, 0.2) is 0 Å². The molecule has 0 bridgehead atoms. The fraction of sp³-hybridized carbons (Fsp3) is 0.0556. The van der Waals surface area contributed by atoms with Crippen molar-refractivity contribution in [2.75, 3.05) is 10.7 Å². The number of hydrazine groups is 1. The zero-order chi connectivity index (χ0) is 25.9. The highest BCUT2D eigenvalue weighted by molar-refractivity contribution is 6.33. The predicted molar refractivity (Wildman–Crippen MR) is 118 cm³/mol. The van der Waals surface area contributed by atoms with E-state index >= 15 is 0 Å². The zero-order valence-electron chi connectivity index (χ0n) is 16.8. The summed E-state index contributed by atoms with van der Waals surface area (Å²) in [4.78, 5) is 40.5. The van der Waals surface area contributed by atoms with Crippen molar-refractivity contribution in [3.8, 4) is 0 Å². The van der Waals surface area contributed by atoms with Crippen LogP contribution in [0.4, 0.5) is 41.9 Å². The van der Waals surface area contributed by atoms with Crippen LogP contribution in [-0.2, 0) is 6.18 Å². The van der Waals surface area contributed by atoms with Crippen LogP contribution in [0, 0.1) is 20.2 Å². The third kappa shape index (κ3) is 5.82. The molecule has 12 nitrogen and oxygen atoms in total. The number of halogens is 5. The molecule has 0 atom stereocenters. The van der Waals surface area contributed by atoms with E-state index in [9.17, 15) is 38.2 Å². The monoisotopic (exact) mass is 531 g/mol. The highest BCUT2D eigenvalue weighted by Gasteiger charge is 2.31. The molecule has 0 saturated heterocycles. The molecule has 0 spiro atoms. The number of alkyl halides is 3. The lowest BCUT2D eigenvalue weighted by Gasteiger charge is -2.13. The van der Waals surface area contributed by atoms with Gasteiger partial charge in [-0.3, -0.25) is 35.9 Å². The second-order valence-corrected chi connectivity index (χ2v) is 7.31. The summed E-state index contributed by atoms with van der Waals surface area (Å²) >= 11 is 11.6. The van der Waals surface area contributed by atoms with Crippen LogP contribution in [0.3, 0.4) is 0 Å². The van der Waals surface area contributed by atoms with Gasteiger partial charge in [0.1, 0.15) is 11.3 Å². The zero-order valence-corrected chi connectivity index (χ0v) is 18.3. The van der Waals surface area contributed by atoms with Gasteiger partial charge in [-0.05, 0) is 30.3 Å². The fourth-order valence-corrected chi connectivity index (χ4v) is 2.99. The van der Waals surface area contributed by atoms with Crippen molar-refractivity contribution in [3.63, 3.8) is 0 Å². The second kappa shape index (κ2) is 9.94. The lowest BCUT2D eigenvalue weighted by molar-refractivity contribution is -0.384. The van der Waals surface area contributed by atoms with Gasteiger partial charge in [-0.1, -0.05) is 23.2 Å². The van der Waals surface area contributed by atoms with E-state index in [4.69, 9.17) is 23.2 Å². The minimum Gasteiger partial charge on any atom is -0.333 e. The number of anilines is 3. The van der Waals surface area contributed by atoms with Crippen molar-refractivity contribution < 1.29 is 27.8 Å². The van der Waals surface area contributed by atoms with Gasteiger partial charge in [0.2, 0.25) is 11.6 Å². The molecule has 3 rings (SSSR count). The SMILES string of the molecule is O=C(NNc1ncnc(Nc2cc(C(F)(F)F)ccc2Cl)c1[N+](=O)[O-])c1ccc(Cl)c([N+](=O)[O-])c1. The van der Waals surface area contributed by atoms with Crippen LogP contribution in [0.15, 0.2) is 42.7 Å². The molecule has 35 heavy (non-hydrogen) atoms. The third-order valence-electron chi connectivity index (χ3n) is 4.25. The standard InChI is InChI=1S/C18H10Cl2F3N7O5/c19-10-4-2-9(18(21,22)23)6-12(10)26-15-14(30(34)35)16(25-7-24-15)27-28-17(31)8-1-3-11(20)13(5-8)29(32)33/h1-7H,(H,28,31)(H2,24,25,26,27). The molecular weight excluding hydrogens is 522 g/mol. The summed E-state index contributed by atoms with van der Waals surface area (Å²) in [6.45, 7) is 0. The number of hydrogen-bond donors (Lipinski definition) is 3. The van der Waals surface area contributed by atoms with E-state index in [1.165, 1.54) is 6.07 Å². The van der Waals surface area contributed by atoms with E-state index in [1.807, 2.05) is 0 Å². The lowest BCUT2D eigenvalue weighted by atomic mass is 10.2. The van der Waals surface area contributed by atoms with E-state index in [-0.39, 0.29) is 21.3 Å². The average molecular weight is 532 g/mol. The van der Waals surface area contributed by atoms with Crippen LogP contribution < -0.4 is 16.2 Å². The molecule has 0 aliphatic carbocycles. The molecule has 0 radical (unpaired) electrons. The van der Waals surface area contributed by atoms with Gasteiger partial charge < -0.3 is 5.32 Å². The Morgan fingerprint density at radius 2 is 1.60 bits per heavy atom. The third-order valence-corrected chi connectivity index (χ3v) is 4.90. The number of nitro groups is 2. The molecule has 3 aromatic rings. The Kier molecular flexibility index (Phi) is 7.21. The van der Waals surface area contributed by atoms with Crippen LogP contribution in [0.25, 0.3) is 0 Å². The molecular formula is C18H10Cl2F3N7O5. The summed E-state index contributed by atoms with van der Waals surface area (Å²) in [5.74, 6) is -2.02. The first-order chi connectivity index (χ1) is 16.4. The van der Waals surface area contributed by atoms with Crippen molar-refractivity contribution in [1.29, 1.82) is 0 Å². The number of benzene rings is 2. The van der Waals surface area contributed by atoms with E-state index in [0.29, 0.717) is 6.07 Å². The first-order valence-corrected chi connectivity index (χ1v) is 9.77. The van der Waals surface area contributed by atoms with E-state index in [1.54, 1.807) is 0 Å². The fourth-order valence-electron chi connectivity index (χ4n) is 2.64. The minimum absolute atomic E-state index is 0.182. The number of carbonyl (C=O) groups excluding carboxylic acids is 1.